The van der Waals surface area contributed by atoms with Crippen LogP contribution in [-0.4, -0.2) is 73.1 Å². The van der Waals surface area contributed by atoms with Crippen molar-refractivity contribution in [3.8, 4) is 0 Å². The van der Waals surface area contributed by atoms with Gasteiger partial charge in [-0.1, -0.05) is 0 Å². The summed E-state index contributed by atoms with van der Waals surface area (Å²) in [6.45, 7) is -0.00812. The zero-order valence-corrected chi connectivity index (χ0v) is 13.7. The number of carboxylic acid groups (broad SMARTS) is 1. The summed E-state index contributed by atoms with van der Waals surface area (Å²) in [5.74, 6) is -0.276. The van der Waals surface area contributed by atoms with E-state index in [0.717, 1.165) is 23.5 Å². The van der Waals surface area contributed by atoms with Crippen molar-refractivity contribution in [2.75, 3.05) is 36.6 Å². The first-order chi connectivity index (χ1) is 9.85. The molecule has 0 aromatic heterocycles. The second kappa shape index (κ2) is 8.47. The topological polar surface area (TPSA) is 104 Å². The molecule has 1 fully saturated rings. The SMILES string of the molecule is CSCCCCNC(=O)N(CC(=O)O)C1CCS(=O)(=O)C1. The van der Waals surface area contributed by atoms with Crippen LogP contribution in [-0.2, 0) is 14.6 Å². The van der Waals surface area contributed by atoms with Crippen molar-refractivity contribution in [1.82, 2.24) is 10.2 Å². The van der Waals surface area contributed by atoms with Gasteiger partial charge >= 0.3 is 12.0 Å². The van der Waals surface area contributed by atoms with Gasteiger partial charge in [-0.25, -0.2) is 13.2 Å². The lowest BCUT2D eigenvalue weighted by Crippen LogP contribution is -2.49. The molecule has 0 saturated carbocycles. The molecule has 1 heterocycles. The van der Waals surface area contributed by atoms with E-state index in [1.165, 1.54) is 0 Å². The van der Waals surface area contributed by atoms with Gasteiger partial charge in [-0.2, -0.15) is 11.8 Å². The highest BCUT2D eigenvalue weighted by atomic mass is 32.2. The molecule has 0 bridgehead atoms. The van der Waals surface area contributed by atoms with Crippen molar-refractivity contribution in [3.05, 3.63) is 0 Å². The van der Waals surface area contributed by atoms with Gasteiger partial charge in [0, 0.05) is 12.6 Å². The Morgan fingerprint density at radius 3 is 2.62 bits per heavy atom. The van der Waals surface area contributed by atoms with E-state index in [0.29, 0.717) is 13.0 Å². The number of unbranched alkanes of at least 4 members (excludes halogenated alkanes) is 1. The highest BCUT2D eigenvalue weighted by Crippen LogP contribution is 2.17. The molecule has 9 heteroatoms. The van der Waals surface area contributed by atoms with Crippen molar-refractivity contribution >= 4 is 33.6 Å². The number of carbonyl (C=O) groups is 2. The predicted molar refractivity (Wildman–Crippen MR) is 82.4 cm³/mol. The van der Waals surface area contributed by atoms with Crippen molar-refractivity contribution < 1.29 is 23.1 Å². The van der Waals surface area contributed by atoms with E-state index in [4.69, 9.17) is 5.11 Å². The fraction of sp³-hybridized carbons (Fsp3) is 0.833. The molecule has 7 nitrogen and oxygen atoms in total. The number of carbonyl (C=O) groups excluding carboxylic acids is 1. The molecule has 0 spiro atoms. The molecule has 122 valence electrons. The summed E-state index contributed by atoms with van der Waals surface area (Å²) in [4.78, 5) is 24.1. The molecular weight excluding hydrogens is 316 g/mol. The van der Waals surface area contributed by atoms with Crippen LogP contribution in [0.4, 0.5) is 4.79 Å². The Hall–Kier alpha value is -0.960. The number of nitrogens with one attached hydrogen (secondary N) is 1. The number of hydrogen-bond donors (Lipinski definition) is 2. The van der Waals surface area contributed by atoms with Gasteiger partial charge in [0.1, 0.15) is 6.54 Å². The number of aliphatic carboxylic acids is 1. The van der Waals surface area contributed by atoms with Gasteiger partial charge in [-0.15, -0.1) is 0 Å². The average molecular weight is 338 g/mol. The van der Waals surface area contributed by atoms with Crippen LogP contribution in [0.15, 0.2) is 0 Å². The molecule has 1 aliphatic rings. The van der Waals surface area contributed by atoms with Crippen LogP contribution in [0.5, 0.6) is 0 Å². The summed E-state index contributed by atoms with van der Waals surface area (Å²) in [6, 6.07) is -1.04. The van der Waals surface area contributed by atoms with Crippen molar-refractivity contribution in [1.29, 1.82) is 0 Å². The normalized spacial score (nSPS) is 20.1. The third kappa shape index (κ3) is 6.56. The van der Waals surface area contributed by atoms with E-state index in [-0.39, 0.29) is 11.5 Å². The first-order valence-electron chi connectivity index (χ1n) is 6.81. The molecule has 0 aromatic rings. The molecule has 21 heavy (non-hydrogen) atoms. The molecule has 0 aliphatic carbocycles. The fourth-order valence-corrected chi connectivity index (χ4v) is 4.43. The number of hydrogen-bond acceptors (Lipinski definition) is 5. The van der Waals surface area contributed by atoms with Gasteiger partial charge in [0.25, 0.3) is 0 Å². The molecule has 2 N–H and O–H groups in total. The van der Waals surface area contributed by atoms with E-state index in [9.17, 15) is 18.0 Å². The van der Waals surface area contributed by atoms with E-state index in [1.54, 1.807) is 11.8 Å². The Morgan fingerprint density at radius 2 is 2.10 bits per heavy atom. The number of thioether (sulfide) groups is 1. The fourth-order valence-electron chi connectivity index (χ4n) is 2.20. The first kappa shape index (κ1) is 18.1. The molecule has 0 radical (unpaired) electrons. The Morgan fingerprint density at radius 1 is 1.38 bits per heavy atom. The van der Waals surface area contributed by atoms with Gasteiger partial charge in [0.05, 0.1) is 11.5 Å². The third-order valence-corrected chi connectivity index (χ3v) is 5.71. The lowest BCUT2D eigenvalue weighted by atomic mass is 10.2. The van der Waals surface area contributed by atoms with Gasteiger partial charge in [0.15, 0.2) is 9.84 Å². The molecule has 1 aliphatic heterocycles. The number of sulfone groups is 1. The number of carboxylic acids is 1. The minimum atomic E-state index is -3.16. The van der Waals surface area contributed by atoms with E-state index in [2.05, 4.69) is 5.32 Å². The predicted octanol–water partition coefficient (Wildman–Crippen LogP) is 0.413. The summed E-state index contributed by atoms with van der Waals surface area (Å²) in [5, 5.41) is 11.6. The second-order valence-electron chi connectivity index (χ2n) is 5.01. The maximum Gasteiger partial charge on any atom is 0.323 e. The van der Waals surface area contributed by atoms with Crippen LogP contribution in [0.25, 0.3) is 0 Å². The number of nitrogens with zero attached hydrogens (tertiary/aromatic N) is 1. The Bertz CT molecular complexity index is 466. The first-order valence-corrected chi connectivity index (χ1v) is 10.0. The number of rotatable bonds is 8. The van der Waals surface area contributed by atoms with Crippen LogP contribution in [0.3, 0.4) is 0 Å². The molecule has 2 amide bonds. The zero-order chi connectivity index (χ0) is 15.9. The minimum absolute atomic E-state index is 0.00872. The Kier molecular flexibility index (Phi) is 7.30. The maximum atomic E-state index is 12.1. The molecular formula is C12H22N2O5S2. The van der Waals surface area contributed by atoms with Crippen molar-refractivity contribution in [2.24, 2.45) is 0 Å². The smallest absolute Gasteiger partial charge is 0.323 e. The van der Waals surface area contributed by atoms with Gasteiger partial charge < -0.3 is 15.3 Å². The zero-order valence-electron chi connectivity index (χ0n) is 12.1. The van der Waals surface area contributed by atoms with Crippen LogP contribution in [0, 0.1) is 0 Å². The van der Waals surface area contributed by atoms with E-state index < -0.39 is 34.4 Å². The average Bonchev–Trinajstić information content (AvgIpc) is 2.75. The largest absolute Gasteiger partial charge is 0.480 e. The van der Waals surface area contributed by atoms with Crippen LogP contribution < -0.4 is 5.32 Å². The lowest BCUT2D eigenvalue weighted by molar-refractivity contribution is -0.138. The summed E-state index contributed by atoms with van der Waals surface area (Å²) in [5.41, 5.74) is 0. The lowest BCUT2D eigenvalue weighted by Gasteiger charge is -2.26. The molecule has 1 unspecified atom stereocenters. The van der Waals surface area contributed by atoms with E-state index in [1.807, 2.05) is 6.26 Å². The number of urea groups is 1. The molecule has 1 atom stereocenters. The van der Waals surface area contributed by atoms with Crippen LogP contribution in [0.2, 0.25) is 0 Å². The molecule has 1 rings (SSSR count). The summed E-state index contributed by atoms with van der Waals surface area (Å²) in [6.07, 6.45) is 4.10. The summed E-state index contributed by atoms with van der Waals surface area (Å²) in [7, 11) is -3.16. The number of amides is 2. The van der Waals surface area contributed by atoms with E-state index >= 15 is 0 Å². The summed E-state index contributed by atoms with van der Waals surface area (Å²) < 4.78 is 23.0. The van der Waals surface area contributed by atoms with Gasteiger partial charge in [0.2, 0.25) is 0 Å². The van der Waals surface area contributed by atoms with Crippen LogP contribution >= 0.6 is 11.8 Å². The molecule has 0 aromatic carbocycles. The van der Waals surface area contributed by atoms with Gasteiger partial charge in [-0.3, -0.25) is 4.79 Å². The van der Waals surface area contributed by atoms with Crippen LogP contribution in [0.1, 0.15) is 19.3 Å². The standard InChI is InChI=1S/C12H22N2O5S2/c1-20-6-3-2-5-13-12(17)14(8-11(15)16)10-4-7-21(18,19)9-10/h10H,2-9H2,1H3,(H,13,17)(H,15,16). The Balaban J connectivity index is 2.53. The van der Waals surface area contributed by atoms with Crippen molar-refractivity contribution in [2.45, 2.75) is 25.3 Å². The highest BCUT2D eigenvalue weighted by molar-refractivity contribution is 7.98. The van der Waals surface area contributed by atoms with Gasteiger partial charge in [-0.05, 0) is 31.3 Å². The van der Waals surface area contributed by atoms with Crippen molar-refractivity contribution in [3.63, 3.8) is 0 Å². The summed E-state index contributed by atoms with van der Waals surface area (Å²) >= 11 is 1.73. The minimum Gasteiger partial charge on any atom is -0.480 e. The second-order valence-corrected chi connectivity index (χ2v) is 8.22. The maximum absolute atomic E-state index is 12.1. The molecule has 1 saturated heterocycles. The quantitative estimate of drug-likeness (QED) is 0.621. The monoisotopic (exact) mass is 338 g/mol. The third-order valence-electron chi connectivity index (χ3n) is 3.27. The Labute approximate surface area is 129 Å². The highest BCUT2D eigenvalue weighted by Gasteiger charge is 2.35.